The van der Waals surface area contributed by atoms with Crippen LogP contribution in [0.3, 0.4) is 0 Å². The zero-order valence-corrected chi connectivity index (χ0v) is 9.87. The highest BCUT2D eigenvalue weighted by molar-refractivity contribution is 7.17. The van der Waals surface area contributed by atoms with E-state index in [0.717, 1.165) is 11.2 Å². The number of benzene rings is 2. The fourth-order valence-corrected chi connectivity index (χ4v) is 3.23. The molecule has 17 heavy (non-hydrogen) atoms. The van der Waals surface area contributed by atoms with Crippen molar-refractivity contribution in [3.05, 3.63) is 53.9 Å². The van der Waals surface area contributed by atoms with E-state index in [0.29, 0.717) is 0 Å². The van der Waals surface area contributed by atoms with Crippen LogP contribution in [0.2, 0.25) is 0 Å². The van der Waals surface area contributed by atoms with Gasteiger partial charge < -0.3 is 0 Å². The Labute approximate surface area is 103 Å². The lowest BCUT2D eigenvalue weighted by molar-refractivity contribution is 1.49. The summed E-state index contributed by atoms with van der Waals surface area (Å²) in [6.07, 6.45) is 0. The standard InChI is InChI=1S/C15H9NS/c1-3-7-12-10(5-1)15-11-6-2-4-8-14(11)17-9-13(15)16-12/h1-9H. The van der Waals surface area contributed by atoms with E-state index in [2.05, 4.69) is 52.8 Å². The van der Waals surface area contributed by atoms with Crippen LogP contribution in [0, 0.1) is 0 Å². The number of rotatable bonds is 0. The Kier molecular flexibility index (Phi) is 1.76. The first kappa shape index (κ1) is 9.14. The van der Waals surface area contributed by atoms with Crippen molar-refractivity contribution in [3.63, 3.8) is 0 Å². The first-order valence-corrected chi connectivity index (χ1v) is 6.46. The zero-order valence-electron chi connectivity index (χ0n) is 9.05. The fourth-order valence-electron chi connectivity index (χ4n) is 2.37. The van der Waals surface area contributed by atoms with Gasteiger partial charge >= 0.3 is 0 Å². The molecule has 4 rings (SSSR count). The van der Waals surface area contributed by atoms with Gasteiger partial charge in [0, 0.05) is 26.4 Å². The maximum atomic E-state index is 4.68. The Morgan fingerprint density at radius 1 is 0.824 bits per heavy atom. The van der Waals surface area contributed by atoms with Crippen LogP contribution < -0.4 is 0 Å². The first-order chi connectivity index (χ1) is 8.43. The summed E-state index contributed by atoms with van der Waals surface area (Å²) in [4.78, 5) is 4.68. The third kappa shape index (κ3) is 1.22. The predicted molar refractivity (Wildman–Crippen MR) is 73.7 cm³/mol. The molecule has 1 nitrogen and oxygen atoms in total. The normalized spacial score (nSPS) is 11.5. The molecule has 0 aromatic heterocycles. The van der Waals surface area contributed by atoms with Crippen molar-refractivity contribution in [3.8, 4) is 11.3 Å². The van der Waals surface area contributed by atoms with Gasteiger partial charge in [-0.1, -0.05) is 36.4 Å². The van der Waals surface area contributed by atoms with E-state index >= 15 is 0 Å². The van der Waals surface area contributed by atoms with Gasteiger partial charge in [-0.3, -0.25) is 0 Å². The van der Waals surface area contributed by atoms with E-state index in [9.17, 15) is 0 Å². The van der Waals surface area contributed by atoms with Gasteiger partial charge in [0.1, 0.15) is 0 Å². The molecule has 80 valence electrons. The molecular weight excluding hydrogens is 226 g/mol. The summed E-state index contributed by atoms with van der Waals surface area (Å²) in [6, 6.07) is 16.9. The van der Waals surface area contributed by atoms with Crippen LogP contribution in [0.25, 0.3) is 32.2 Å². The highest BCUT2D eigenvalue weighted by Crippen LogP contribution is 2.38. The Morgan fingerprint density at radius 2 is 1.59 bits per heavy atom. The average molecular weight is 235 g/mol. The molecular formula is C15H9NS. The van der Waals surface area contributed by atoms with E-state index in [1.807, 2.05) is 6.07 Å². The molecule has 0 bridgehead atoms. The minimum Gasteiger partial charge on any atom is -0.247 e. The Balaban J connectivity index is 2.33. The smallest absolute Gasteiger partial charge is 0.0821 e. The van der Waals surface area contributed by atoms with Crippen LogP contribution >= 0.6 is 11.3 Å². The first-order valence-electron chi connectivity index (χ1n) is 5.58. The molecule has 2 aromatic carbocycles. The van der Waals surface area contributed by atoms with E-state index in [4.69, 9.17) is 0 Å². The summed E-state index contributed by atoms with van der Waals surface area (Å²) < 4.78 is 1.32. The third-order valence-electron chi connectivity index (χ3n) is 3.12. The van der Waals surface area contributed by atoms with E-state index in [1.165, 1.54) is 21.0 Å². The summed E-state index contributed by atoms with van der Waals surface area (Å²) in [6.45, 7) is 0. The van der Waals surface area contributed by atoms with Gasteiger partial charge in [-0.15, -0.1) is 11.3 Å². The summed E-state index contributed by atoms with van der Waals surface area (Å²) in [5.74, 6) is 0. The molecule has 0 fully saturated rings. The summed E-state index contributed by atoms with van der Waals surface area (Å²) in [7, 11) is 0. The molecule has 0 saturated heterocycles. The second kappa shape index (κ2) is 3.28. The van der Waals surface area contributed by atoms with Crippen LogP contribution in [0.4, 0.5) is 0 Å². The molecule has 0 spiro atoms. The minimum atomic E-state index is 1.09. The molecule has 2 heterocycles. The lowest BCUT2D eigenvalue weighted by Gasteiger charge is -2.03. The van der Waals surface area contributed by atoms with Crippen molar-refractivity contribution in [2.75, 3.05) is 0 Å². The van der Waals surface area contributed by atoms with Crippen molar-refractivity contribution in [2.24, 2.45) is 0 Å². The summed E-state index contributed by atoms with van der Waals surface area (Å²) in [5, 5.41) is 4.72. The number of hydrogen-bond acceptors (Lipinski definition) is 2. The van der Waals surface area contributed by atoms with Crippen LogP contribution in [0.5, 0.6) is 0 Å². The molecule has 2 aromatic rings. The highest BCUT2D eigenvalue weighted by atomic mass is 32.1. The molecule has 2 aliphatic heterocycles. The summed E-state index contributed by atoms with van der Waals surface area (Å²) in [5.41, 5.74) is 3.48. The van der Waals surface area contributed by atoms with Crippen molar-refractivity contribution in [2.45, 2.75) is 0 Å². The van der Waals surface area contributed by atoms with Crippen molar-refractivity contribution < 1.29 is 0 Å². The molecule has 2 heteroatoms. The SMILES string of the molecule is c1ccc2c3c4ccccc4scc-3nc2c1. The second-order valence-electron chi connectivity index (χ2n) is 4.12. The van der Waals surface area contributed by atoms with Crippen LogP contribution in [0.1, 0.15) is 0 Å². The van der Waals surface area contributed by atoms with Gasteiger partial charge in [0.15, 0.2) is 0 Å². The Bertz CT molecular complexity index is 794. The molecule has 0 atom stereocenters. The molecule has 0 N–H and O–H groups in total. The van der Waals surface area contributed by atoms with Gasteiger partial charge in [0.25, 0.3) is 0 Å². The second-order valence-corrected chi connectivity index (χ2v) is 5.03. The third-order valence-corrected chi connectivity index (χ3v) is 4.08. The molecule has 2 aliphatic rings. The number of para-hydroxylation sites is 1. The Morgan fingerprint density at radius 3 is 2.53 bits per heavy atom. The fraction of sp³-hybridized carbons (Fsp3) is 0. The van der Waals surface area contributed by atoms with E-state index in [1.54, 1.807) is 11.3 Å². The topological polar surface area (TPSA) is 12.9 Å². The quantitative estimate of drug-likeness (QED) is 0.435. The highest BCUT2D eigenvalue weighted by Gasteiger charge is 2.14. The average Bonchev–Trinajstić information content (AvgIpc) is 2.77. The molecule has 0 aliphatic carbocycles. The number of hydrogen-bond donors (Lipinski definition) is 0. The van der Waals surface area contributed by atoms with Gasteiger partial charge in [0.2, 0.25) is 0 Å². The van der Waals surface area contributed by atoms with Gasteiger partial charge in [-0.05, 0) is 12.1 Å². The number of aromatic nitrogens is 1. The van der Waals surface area contributed by atoms with Crippen LogP contribution in [0.15, 0.2) is 53.9 Å². The number of fused-ring (bicyclic) bond motifs is 5. The molecule has 0 radical (unpaired) electrons. The molecule has 0 unspecified atom stereocenters. The largest absolute Gasteiger partial charge is 0.247 e. The van der Waals surface area contributed by atoms with Crippen molar-refractivity contribution >= 4 is 32.3 Å². The molecule has 0 saturated carbocycles. The summed E-state index contributed by atoms with van der Waals surface area (Å²) >= 11 is 1.76. The lowest BCUT2D eigenvalue weighted by atomic mass is 10.1. The minimum absolute atomic E-state index is 1.09. The molecule has 0 amide bonds. The maximum Gasteiger partial charge on any atom is 0.0821 e. The number of nitrogens with zero attached hydrogens (tertiary/aromatic N) is 1. The van der Waals surface area contributed by atoms with Crippen molar-refractivity contribution in [1.82, 2.24) is 4.98 Å². The van der Waals surface area contributed by atoms with E-state index < -0.39 is 0 Å². The van der Waals surface area contributed by atoms with Crippen LogP contribution in [-0.2, 0) is 0 Å². The van der Waals surface area contributed by atoms with Gasteiger partial charge in [-0.25, -0.2) is 4.98 Å². The lowest BCUT2D eigenvalue weighted by Crippen LogP contribution is -1.77. The van der Waals surface area contributed by atoms with Crippen molar-refractivity contribution in [1.29, 1.82) is 0 Å². The maximum absolute atomic E-state index is 4.68. The van der Waals surface area contributed by atoms with Crippen LogP contribution in [-0.4, -0.2) is 4.98 Å². The van der Waals surface area contributed by atoms with E-state index in [-0.39, 0.29) is 0 Å². The monoisotopic (exact) mass is 235 g/mol. The predicted octanol–water partition coefficient (Wildman–Crippen LogP) is 4.55. The van der Waals surface area contributed by atoms with Gasteiger partial charge in [-0.2, -0.15) is 0 Å². The Hall–Kier alpha value is -1.93. The van der Waals surface area contributed by atoms with Gasteiger partial charge in [0.05, 0.1) is 11.2 Å². The zero-order chi connectivity index (χ0) is 11.2.